The van der Waals surface area contributed by atoms with Gasteiger partial charge in [0.1, 0.15) is 9.98 Å². The molecule has 1 fully saturated rings. The van der Waals surface area contributed by atoms with E-state index >= 15 is 0 Å². The lowest BCUT2D eigenvalue weighted by atomic mass is 10.0. The van der Waals surface area contributed by atoms with Crippen molar-refractivity contribution in [1.29, 1.82) is 0 Å². The van der Waals surface area contributed by atoms with Crippen molar-refractivity contribution >= 4 is 50.8 Å². The summed E-state index contributed by atoms with van der Waals surface area (Å²) in [7, 11) is 0. The Bertz CT molecular complexity index is 965. The van der Waals surface area contributed by atoms with Gasteiger partial charge in [-0.1, -0.05) is 54.6 Å². The van der Waals surface area contributed by atoms with Crippen molar-refractivity contribution in [2.24, 2.45) is 0 Å². The van der Waals surface area contributed by atoms with Crippen LogP contribution in [-0.2, 0) is 11.2 Å². The monoisotopic (exact) mass is 417 g/mol. The van der Waals surface area contributed by atoms with E-state index in [2.05, 4.69) is 46.5 Å². The van der Waals surface area contributed by atoms with Gasteiger partial charge in [0.05, 0.1) is 11.1 Å². The second-order valence-corrected chi connectivity index (χ2v) is 8.71. The van der Waals surface area contributed by atoms with Crippen LogP contribution in [0.4, 0.5) is 0 Å². The number of hydrogen-bond donors (Lipinski definition) is 0. The molecule has 0 atom stereocenters. The van der Waals surface area contributed by atoms with Crippen LogP contribution in [0.2, 0.25) is 5.15 Å². The maximum atomic E-state index is 12.2. The van der Waals surface area contributed by atoms with Crippen molar-refractivity contribution in [3.05, 3.63) is 40.4 Å². The number of carbonyl (C=O) groups is 1. The predicted octanol–water partition coefficient (Wildman–Crippen LogP) is 5.29. The van der Waals surface area contributed by atoms with Crippen LogP contribution in [0.25, 0.3) is 21.3 Å². The van der Waals surface area contributed by atoms with E-state index < -0.39 is 0 Å². The predicted molar refractivity (Wildman–Crippen MR) is 114 cm³/mol. The summed E-state index contributed by atoms with van der Waals surface area (Å²) >= 11 is 9.43. The number of thioether (sulfide) groups is 1. The lowest BCUT2D eigenvalue weighted by Crippen LogP contribution is -2.29. The number of halogens is 1. The molecule has 4 rings (SSSR count). The zero-order valence-corrected chi connectivity index (χ0v) is 17.5. The third-order valence-corrected chi connectivity index (χ3v) is 6.80. The smallest absolute Gasteiger partial charge is 0.233 e. The van der Waals surface area contributed by atoms with Gasteiger partial charge in [-0.25, -0.2) is 9.97 Å². The topological polar surface area (TPSA) is 46.1 Å². The van der Waals surface area contributed by atoms with Gasteiger partial charge in [0, 0.05) is 24.0 Å². The van der Waals surface area contributed by atoms with E-state index in [4.69, 9.17) is 11.6 Å². The van der Waals surface area contributed by atoms with Gasteiger partial charge in [-0.3, -0.25) is 4.79 Å². The number of benzene rings is 1. The molecule has 3 heterocycles. The Morgan fingerprint density at radius 2 is 1.96 bits per heavy atom. The first-order chi connectivity index (χ1) is 13.2. The van der Waals surface area contributed by atoms with E-state index in [9.17, 15) is 4.79 Å². The summed E-state index contributed by atoms with van der Waals surface area (Å²) in [4.78, 5) is 24.1. The Morgan fingerprint density at radius 3 is 2.67 bits per heavy atom. The van der Waals surface area contributed by atoms with Crippen molar-refractivity contribution in [2.75, 3.05) is 18.8 Å². The molecular weight excluding hydrogens is 398 g/mol. The van der Waals surface area contributed by atoms with Crippen LogP contribution in [0.1, 0.15) is 25.3 Å². The summed E-state index contributed by atoms with van der Waals surface area (Å²) in [5, 5.41) is 3.98. The highest BCUT2D eigenvalue weighted by molar-refractivity contribution is 7.99. The van der Waals surface area contributed by atoms with Crippen LogP contribution in [0.5, 0.6) is 0 Å². The number of amides is 1. The Kier molecular flexibility index (Phi) is 5.66. The van der Waals surface area contributed by atoms with Crippen LogP contribution >= 0.6 is 34.7 Å². The zero-order valence-electron chi connectivity index (χ0n) is 15.1. The van der Waals surface area contributed by atoms with Crippen molar-refractivity contribution in [2.45, 2.75) is 31.3 Å². The molecule has 1 aliphatic rings. The Hall–Kier alpha value is -1.63. The molecule has 140 valence electrons. The first-order valence-electron chi connectivity index (χ1n) is 9.10. The zero-order chi connectivity index (χ0) is 18.8. The molecule has 7 heteroatoms. The molecule has 0 radical (unpaired) electrons. The molecule has 1 aliphatic heterocycles. The summed E-state index contributed by atoms with van der Waals surface area (Å²) in [5.41, 5.74) is 3.49. The van der Waals surface area contributed by atoms with Gasteiger partial charge in [0.15, 0.2) is 5.16 Å². The number of nitrogens with zero attached hydrogens (tertiary/aromatic N) is 3. The Balaban J connectivity index is 1.56. The molecule has 0 aliphatic carbocycles. The summed E-state index contributed by atoms with van der Waals surface area (Å²) in [6.07, 6.45) is 3.22. The van der Waals surface area contributed by atoms with E-state index in [-0.39, 0.29) is 5.91 Å². The fourth-order valence-corrected chi connectivity index (χ4v) is 5.39. The SMILES string of the molecule is CCc1ccc(-c2csc3nc(SCC(=O)N4CCCC4)nc(Cl)c23)cc1. The number of aromatic nitrogens is 2. The third kappa shape index (κ3) is 3.98. The first-order valence-corrected chi connectivity index (χ1v) is 11.3. The Labute approximate surface area is 172 Å². The van der Waals surface area contributed by atoms with Crippen LogP contribution in [0, 0.1) is 0 Å². The Morgan fingerprint density at radius 1 is 1.22 bits per heavy atom. The normalized spacial score (nSPS) is 14.2. The van der Waals surface area contributed by atoms with Crippen LogP contribution < -0.4 is 0 Å². The average Bonchev–Trinajstić information content (AvgIpc) is 3.36. The molecule has 0 N–H and O–H groups in total. The molecule has 1 amide bonds. The number of carbonyl (C=O) groups excluding carboxylic acids is 1. The third-order valence-electron chi connectivity index (χ3n) is 4.83. The van der Waals surface area contributed by atoms with E-state index in [1.807, 2.05) is 4.90 Å². The van der Waals surface area contributed by atoms with Gasteiger partial charge in [-0.2, -0.15) is 0 Å². The summed E-state index contributed by atoms with van der Waals surface area (Å²) in [6.45, 7) is 3.88. The fourth-order valence-electron chi connectivity index (χ4n) is 3.26. The molecule has 27 heavy (non-hydrogen) atoms. The molecule has 4 nitrogen and oxygen atoms in total. The largest absolute Gasteiger partial charge is 0.342 e. The van der Waals surface area contributed by atoms with Crippen molar-refractivity contribution in [3.8, 4) is 11.1 Å². The summed E-state index contributed by atoms with van der Waals surface area (Å²) in [5.74, 6) is 0.513. The van der Waals surface area contributed by atoms with E-state index in [0.29, 0.717) is 16.1 Å². The maximum Gasteiger partial charge on any atom is 0.233 e. The minimum atomic E-state index is 0.153. The lowest BCUT2D eigenvalue weighted by Gasteiger charge is -2.14. The van der Waals surface area contributed by atoms with Crippen LogP contribution in [0.3, 0.4) is 0 Å². The first kappa shape index (κ1) is 18.7. The van der Waals surface area contributed by atoms with E-state index in [1.54, 1.807) is 11.3 Å². The van der Waals surface area contributed by atoms with Crippen molar-refractivity contribution in [3.63, 3.8) is 0 Å². The molecule has 2 aromatic heterocycles. The number of fused-ring (bicyclic) bond motifs is 1. The molecule has 1 aromatic carbocycles. The highest BCUT2D eigenvalue weighted by Crippen LogP contribution is 2.37. The van der Waals surface area contributed by atoms with E-state index in [1.165, 1.54) is 17.3 Å². The molecule has 0 saturated carbocycles. The minimum absolute atomic E-state index is 0.153. The standard InChI is InChI=1S/C20H20ClN3OS2/c1-2-13-5-7-14(8-6-13)15-11-26-19-17(15)18(21)22-20(23-19)27-12-16(25)24-9-3-4-10-24/h5-8,11H,2-4,9-10,12H2,1H3. The maximum absolute atomic E-state index is 12.2. The molecule has 0 bridgehead atoms. The van der Waals surface area contributed by atoms with Gasteiger partial charge < -0.3 is 4.90 Å². The van der Waals surface area contributed by atoms with E-state index in [0.717, 1.165) is 53.7 Å². The quantitative estimate of drug-likeness (QED) is 0.321. The molecule has 3 aromatic rings. The minimum Gasteiger partial charge on any atom is -0.342 e. The summed E-state index contributed by atoms with van der Waals surface area (Å²) < 4.78 is 0. The van der Waals surface area contributed by atoms with Gasteiger partial charge in [-0.05, 0) is 30.4 Å². The molecule has 0 unspecified atom stereocenters. The van der Waals surface area contributed by atoms with Gasteiger partial charge in [0.2, 0.25) is 5.91 Å². The lowest BCUT2D eigenvalue weighted by molar-refractivity contribution is -0.127. The summed E-state index contributed by atoms with van der Waals surface area (Å²) in [6, 6.07) is 8.52. The van der Waals surface area contributed by atoms with Crippen molar-refractivity contribution < 1.29 is 4.79 Å². The van der Waals surface area contributed by atoms with Crippen molar-refractivity contribution in [1.82, 2.24) is 14.9 Å². The second-order valence-electron chi connectivity index (χ2n) is 6.55. The molecule has 1 saturated heterocycles. The van der Waals surface area contributed by atoms with Gasteiger partial charge in [-0.15, -0.1) is 11.3 Å². The number of likely N-dealkylation sites (tertiary alicyclic amines) is 1. The van der Waals surface area contributed by atoms with Gasteiger partial charge in [0.25, 0.3) is 0 Å². The van der Waals surface area contributed by atoms with Crippen LogP contribution in [0.15, 0.2) is 34.8 Å². The highest BCUT2D eigenvalue weighted by Gasteiger charge is 2.19. The number of hydrogen-bond acceptors (Lipinski definition) is 5. The molecule has 0 spiro atoms. The fraction of sp³-hybridized carbons (Fsp3) is 0.350. The average molecular weight is 418 g/mol. The van der Waals surface area contributed by atoms with Gasteiger partial charge >= 0.3 is 0 Å². The highest BCUT2D eigenvalue weighted by atomic mass is 35.5. The second kappa shape index (κ2) is 8.17. The van der Waals surface area contributed by atoms with Crippen LogP contribution in [-0.4, -0.2) is 39.6 Å². The number of thiophene rings is 1. The number of aryl methyl sites for hydroxylation is 1. The molecular formula is C20H20ClN3OS2. The number of rotatable bonds is 5.